The quantitative estimate of drug-likeness (QED) is 0.746. The predicted molar refractivity (Wildman–Crippen MR) is 91.9 cm³/mol. The lowest BCUT2D eigenvalue weighted by Gasteiger charge is -2.21. The fourth-order valence-corrected chi connectivity index (χ4v) is 1.87. The van der Waals surface area contributed by atoms with Crippen molar-refractivity contribution in [1.82, 2.24) is 10.6 Å². The van der Waals surface area contributed by atoms with Crippen molar-refractivity contribution in [1.29, 1.82) is 0 Å². The number of nitrogens with two attached hydrogens (primary N) is 1. The molecule has 0 aliphatic rings. The van der Waals surface area contributed by atoms with Crippen LogP contribution in [0.5, 0.6) is 0 Å². The Morgan fingerprint density at radius 2 is 1.91 bits per heavy atom. The molecule has 0 radical (unpaired) electrons. The van der Waals surface area contributed by atoms with Crippen LogP contribution >= 0.6 is 35.6 Å². The van der Waals surface area contributed by atoms with E-state index in [1.807, 2.05) is 0 Å². The Balaban J connectivity index is 0.00000441. The second-order valence-corrected chi connectivity index (χ2v) is 6.29. The molecule has 0 aliphatic heterocycles. The maximum atomic E-state index is 12.1. The first kappa shape index (κ1) is 21.0. The van der Waals surface area contributed by atoms with Crippen LogP contribution in [0.3, 0.4) is 0 Å². The highest BCUT2D eigenvalue weighted by Crippen LogP contribution is 2.25. The van der Waals surface area contributed by atoms with Crippen molar-refractivity contribution >= 4 is 47.4 Å². The molecule has 0 aliphatic carbocycles. The van der Waals surface area contributed by atoms with Crippen LogP contribution in [0.2, 0.25) is 10.0 Å². The number of carbonyl (C=O) groups is 2. The molecular formula is C14H20Cl3N3O2. The van der Waals surface area contributed by atoms with E-state index < -0.39 is 17.5 Å². The summed E-state index contributed by atoms with van der Waals surface area (Å²) in [6, 6.07) is 4.03. The van der Waals surface area contributed by atoms with Gasteiger partial charge in [-0.1, -0.05) is 29.3 Å². The van der Waals surface area contributed by atoms with Gasteiger partial charge in [0.1, 0.15) is 6.04 Å². The summed E-state index contributed by atoms with van der Waals surface area (Å²) in [4.78, 5) is 23.9. The molecule has 5 nitrogen and oxygen atoms in total. The van der Waals surface area contributed by atoms with E-state index >= 15 is 0 Å². The van der Waals surface area contributed by atoms with Crippen LogP contribution in [0.15, 0.2) is 18.2 Å². The van der Waals surface area contributed by atoms with Gasteiger partial charge in [0.2, 0.25) is 5.91 Å². The van der Waals surface area contributed by atoms with E-state index in [4.69, 9.17) is 28.9 Å². The average Bonchev–Trinajstić information content (AvgIpc) is 2.38. The van der Waals surface area contributed by atoms with Crippen molar-refractivity contribution in [2.24, 2.45) is 5.73 Å². The lowest BCUT2D eigenvalue weighted by atomic mass is 10.1. The number of carbonyl (C=O) groups excluding carboxylic acids is 2. The van der Waals surface area contributed by atoms with Gasteiger partial charge in [-0.2, -0.15) is 0 Å². The van der Waals surface area contributed by atoms with Crippen molar-refractivity contribution < 1.29 is 9.59 Å². The van der Waals surface area contributed by atoms with Crippen molar-refractivity contribution in [2.75, 3.05) is 6.54 Å². The fraction of sp³-hybridized carbons (Fsp3) is 0.429. The summed E-state index contributed by atoms with van der Waals surface area (Å²) < 4.78 is 0. The highest BCUT2D eigenvalue weighted by atomic mass is 35.5. The first-order valence-corrected chi connectivity index (χ1v) is 7.19. The van der Waals surface area contributed by atoms with Gasteiger partial charge in [-0.25, -0.2) is 0 Å². The topological polar surface area (TPSA) is 84.2 Å². The SMILES string of the molecule is CC(NC(=O)c1cccc(Cl)c1Cl)C(=O)NCC(C)(C)N.Cl. The molecule has 0 spiro atoms. The van der Waals surface area contributed by atoms with Gasteiger partial charge < -0.3 is 16.4 Å². The first-order valence-electron chi connectivity index (χ1n) is 6.43. The van der Waals surface area contributed by atoms with Gasteiger partial charge in [0, 0.05) is 12.1 Å². The maximum absolute atomic E-state index is 12.1. The highest BCUT2D eigenvalue weighted by molar-refractivity contribution is 6.43. The van der Waals surface area contributed by atoms with Crippen LogP contribution in [0.4, 0.5) is 0 Å². The number of rotatable bonds is 5. The van der Waals surface area contributed by atoms with Crippen molar-refractivity contribution in [3.8, 4) is 0 Å². The molecule has 0 saturated heterocycles. The second kappa shape index (κ2) is 8.58. The number of amides is 2. The number of benzene rings is 1. The zero-order valence-electron chi connectivity index (χ0n) is 12.6. The van der Waals surface area contributed by atoms with Crippen LogP contribution in [-0.2, 0) is 4.79 Å². The van der Waals surface area contributed by atoms with Crippen LogP contribution in [-0.4, -0.2) is 29.9 Å². The minimum atomic E-state index is -0.713. The molecule has 0 fully saturated rings. The summed E-state index contributed by atoms with van der Waals surface area (Å²) in [6.45, 7) is 5.48. The van der Waals surface area contributed by atoms with Gasteiger partial charge in [-0.15, -0.1) is 12.4 Å². The van der Waals surface area contributed by atoms with Crippen molar-refractivity contribution in [3.63, 3.8) is 0 Å². The average molecular weight is 369 g/mol. The molecule has 0 aromatic heterocycles. The molecule has 4 N–H and O–H groups in total. The smallest absolute Gasteiger partial charge is 0.253 e. The van der Waals surface area contributed by atoms with E-state index in [0.29, 0.717) is 6.54 Å². The molecular weight excluding hydrogens is 349 g/mol. The molecule has 1 atom stereocenters. The maximum Gasteiger partial charge on any atom is 0.253 e. The Bertz CT molecular complexity index is 545. The molecule has 22 heavy (non-hydrogen) atoms. The van der Waals surface area contributed by atoms with Gasteiger partial charge >= 0.3 is 0 Å². The third kappa shape index (κ3) is 6.40. The van der Waals surface area contributed by atoms with Gasteiger partial charge in [0.25, 0.3) is 5.91 Å². The Morgan fingerprint density at radius 1 is 1.32 bits per heavy atom. The van der Waals surface area contributed by atoms with Gasteiger partial charge in [0.05, 0.1) is 15.6 Å². The molecule has 1 unspecified atom stereocenters. The Morgan fingerprint density at radius 3 is 2.45 bits per heavy atom. The molecule has 1 rings (SSSR count). The fourth-order valence-electron chi connectivity index (χ4n) is 1.49. The summed E-state index contributed by atoms with van der Waals surface area (Å²) in [7, 11) is 0. The van der Waals surface area contributed by atoms with E-state index in [-0.39, 0.29) is 33.9 Å². The molecule has 2 amide bonds. The molecule has 0 heterocycles. The monoisotopic (exact) mass is 367 g/mol. The number of hydrogen-bond acceptors (Lipinski definition) is 3. The zero-order valence-corrected chi connectivity index (χ0v) is 14.9. The summed E-state index contributed by atoms with van der Waals surface area (Å²) in [5, 5.41) is 5.68. The molecule has 1 aromatic carbocycles. The third-order valence-corrected chi connectivity index (χ3v) is 3.47. The third-order valence-electron chi connectivity index (χ3n) is 2.66. The van der Waals surface area contributed by atoms with Crippen molar-refractivity contribution in [3.05, 3.63) is 33.8 Å². The van der Waals surface area contributed by atoms with Crippen LogP contribution in [0, 0.1) is 0 Å². The summed E-state index contributed by atoms with van der Waals surface area (Å²) >= 11 is 11.8. The molecule has 8 heteroatoms. The summed E-state index contributed by atoms with van der Waals surface area (Å²) in [5.74, 6) is -0.780. The van der Waals surface area contributed by atoms with Gasteiger partial charge in [-0.05, 0) is 32.9 Å². The number of hydrogen-bond donors (Lipinski definition) is 3. The summed E-state index contributed by atoms with van der Waals surface area (Å²) in [5.41, 5.74) is 5.49. The predicted octanol–water partition coefficient (Wildman–Crippen LogP) is 2.39. The summed E-state index contributed by atoms with van der Waals surface area (Å²) in [6.07, 6.45) is 0. The number of nitrogens with one attached hydrogen (secondary N) is 2. The van der Waals surface area contributed by atoms with Crippen LogP contribution in [0.1, 0.15) is 31.1 Å². The normalized spacial score (nSPS) is 12.1. The lowest BCUT2D eigenvalue weighted by molar-refractivity contribution is -0.122. The second-order valence-electron chi connectivity index (χ2n) is 5.50. The Kier molecular flexibility index (Phi) is 8.18. The zero-order chi connectivity index (χ0) is 16.2. The molecule has 0 bridgehead atoms. The largest absolute Gasteiger partial charge is 0.353 e. The molecule has 124 valence electrons. The van der Waals surface area contributed by atoms with E-state index in [1.165, 1.54) is 6.07 Å². The molecule has 0 saturated carbocycles. The lowest BCUT2D eigenvalue weighted by Crippen LogP contribution is -2.51. The van der Waals surface area contributed by atoms with E-state index in [2.05, 4.69) is 10.6 Å². The van der Waals surface area contributed by atoms with E-state index in [1.54, 1.807) is 32.9 Å². The van der Waals surface area contributed by atoms with Crippen LogP contribution < -0.4 is 16.4 Å². The Labute approximate surface area is 146 Å². The van der Waals surface area contributed by atoms with Crippen molar-refractivity contribution in [2.45, 2.75) is 32.4 Å². The minimum absolute atomic E-state index is 0. The Hall–Kier alpha value is -1.01. The van der Waals surface area contributed by atoms with Crippen LogP contribution in [0.25, 0.3) is 0 Å². The minimum Gasteiger partial charge on any atom is -0.353 e. The van der Waals surface area contributed by atoms with E-state index in [9.17, 15) is 9.59 Å². The van der Waals surface area contributed by atoms with E-state index in [0.717, 1.165) is 0 Å². The number of halogens is 3. The highest BCUT2D eigenvalue weighted by Gasteiger charge is 2.20. The van der Waals surface area contributed by atoms with Gasteiger partial charge in [-0.3, -0.25) is 9.59 Å². The standard InChI is InChI=1S/C14H19Cl2N3O2.ClH/c1-8(12(20)18-7-14(2,3)17)19-13(21)9-5-4-6-10(15)11(9)16;/h4-6,8H,7,17H2,1-3H3,(H,18,20)(H,19,21);1H. The first-order chi connectivity index (χ1) is 9.61. The molecule has 1 aromatic rings. The van der Waals surface area contributed by atoms with Gasteiger partial charge in [0.15, 0.2) is 0 Å².